The predicted octanol–water partition coefficient (Wildman–Crippen LogP) is 6.36. The van der Waals surface area contributed by atoms with Crippen molar-refractivity contribution in [1.82, 2.24) is 5.32 Å². The molecule has 2 amide bonds. The smallest absolute Gasteiger partial charge is 0.272 e. The minimum Gasteiger partial charge on any atom is -0.506 e. The van der Waals surface area contributed by atoms with Crippen molar-refractivity contribution in [3.8, 4) is 17.2 Å². The van der Waals surface area contributed by atoms with Gasteiger partial charge in [-0.15, -0.1) is 0 Å². The summed E-state index contributed by atoms with van der Waals surface area (Å²) in [4.78, 5) is 25.8. The van der Waals surface area contributed by atoms with E-state index in [1.807, 2.05) is 24.3 Å². The number of anilines is 1. The molecular formula is C28H21BrN2O4. The highest BCUT2D eigenvalue weighted by Crippen LogP contribution is 2.29. The number of amides is 2. The van der Waals surface area contributed by atoms with Crippen LogP contribution in [0.1, 0.15) is 15.9 Å². The van der Waals surface area contributed by atoms with Crippen LogP contribution in [-0.4, -0.2) is 16.9 Å². The van der Waals surface area contributed by atoms with E-state index in [2.05, 4.69) is 26.6 Å². The van der Waals surface area contributed by atoms with E-state index in [-0.39, 0.29) is 17.1 Å². The van der Waals surface area contributed by atoms with E-state index < -0.39 is 11.8 Å². The van der Waals surface area contributed by atoms with Gasteiger partial charge in [-0.1, -0.05) is 54.6 Å². The minimum absolute atomic E-state index is 0.0154. The molecule has 0 atom stereocenters. The number of nitrogens with one attached hydrogen (secondary N) is 2. The molecule has 0 aliphatic carbocycles. The summed E-state index contributed by atoms with van der Waals surface area (Å²) in [6.45, 7) is 0. The molecule has 0 heterocycles. The summed E-state index contributed by atoms with van der Waals surface area (Å²) in [5, 5.41) is 15.3. The van der Waals surface area contributed by atoms with Gasteiger partial charge in [-0.2, -0.15) is 0 Å². The molecule has 0 aliphatic heterocycles. The number of phenols is 1. The van der Waals surface area contributed by atoms with Gasteiger partial charge in [-0.25, -0.2) is 0 Å². The second kappa shape index (κ2) is 11.2. The van der Waals surface area contributed by atoms with Crippen molar-refractivity contribution < 1.29 is 19.4 Å². The van der Waals surface area contributed by atoms with Crippen LogP contribution < -0.4 is 15.4 Å². The molecule has 3 N–H and O–H groups in total. The van der Waals surface area contributed by atoms with Gasteiger partial charge >= 0.3 is 0 Å². The SMILES string of the molecule is O=C(Nc1ccccc1O)/C(=C\c1ccc(Oc2ccccc2Br)cc1)NC(=O)c1ccccc1. The highest BCUT2D eigenvalue weighted by Gasteiger charge is 2.16. The lowest BCUT2D eigenvalue weighted by molar-refractivity contribution is -0.113. The molecule has 0 aromatic heterocycles. The largest absolute Gasteiger partial charge is 0.506 e. The number of aromatic hydroxyl groups is 1. The van der Waals surface area contributed by atoms with E-state index in [0.29, 0.717) is 22.6 Å². The number of carbonyl (C=O) groups is 2. The van der Waals surface area contributed by atoms with Crippen molar-refractivity contribution in [3.63, 3.8) is 0 Å². The third-order valence-corrected chi connectivity index (χ3v) is 5.59. The van der Waals surface area contributed by atoms with Crippen LogP contribution in [0.3, 0.4) is 0 Å². The lowest BCUT2D eigenvalue weighted by atomic mass is 10.1. The molecular weight excluding hydrogens is 508 g/mol. The summed E-state index contributed by atoms with van der Waals surface area (Å²) in [5.41, 5.74) is 1.32. The molecule has 0 aliphatic rings. The van der Waals surface area contributed by atoms with E-state index in [1.54, 1.807) is 78.9 Å². The number of halogens is 1. The molecule has 0 bridgehead atoms. The van der Waals surface area contributed by atoms with Crippen LogP contribution in [0, 0.1) is 0 Å². The zero-order valence-electron chi connectivity index (χ0n) is 18.4. The van der Waals surface area contributed by atoms with Crippen molar-refractivity contribution in [2.75, 3.05) is 5.32 Å². The zero-order chi connectivity index (χ0) is 24.6. The predicted molar refractivity (Wildman–Crippen MR) is 139 cm³/mol. The van der Waals surface area contributed by atoms with E-state index in [4.69, 9.17) is 4.74 Å². The maximum atomic E-state index is 13.0. The second-order valence-corrected chi connectivity index (χ2v) is 8.31. The van der Waals surface area contributed by atoms with E-state index in [0.717, 1.165) is 4.47 Å². The normalized spacial score (nSPS) is 10.9. The Hall–Kier alpha value is -4.36. The van der Waals surface area contributed by atoms with Crippen molar-refractivity contribution in [3.05, 3.63) is 124 Å². The molecule has 4 aromatic rings. The Labute approximate surface area is 211 Å². The number of benzene rings is 4. The highest BCUT2D eigenvalue weighted by atomic mass is 79.9. The number of phenolic OH excluding ortho intramolecular Hbond substituents is 1. The molecule has 0 unspecified atom stereocenters. The Morgan fingerprint density at radius 2 is 1.46 bits per heavy atom. The molecule has 0 radical (unpaired) electrons. The van der Waals surface area contributed by atoms with Crippen LogP contribution in [0.2, 0.25) is 0 Å². The number of rotatable bonds is 7. The van der Waals surface area contributed by atoms with Gasteiger partial charge in [0.1, 0.15) is 22.9 Å². The number of ether oxygens (including phenoxy) is 1. The van der Waals surface area contributed by atoms with Gasteiger partial charge in [0.25, 0.3) is 11.8 Å². The van der Waals surface area contributed by atoms with Crippen molar-refractivity contribution in [2.24, 2.45) is 0 Å². The van der Waals surface area contributed by atoms with Crippen LogP contribution in [0.25, 0.3) is 6.08 Å². The Balaban J connectivity index is 1.58. The summed E-state index contributed by atoms with van der Waals surface area (Å²) in [6, 6.07) is 29.5. The summed E-state index contributed by atoms with van der Waals surface area (Å²) >= 11 is 3.45. The van der Waals surface area contributed by atoms with Crippen molar-refractivity contribution in [2.45, 2.75) is 0 Å². The van der Waals surface area contributed by atoms with Gasteiger partial charge < -0.3 is 20.5 Å². The summed E-state index contributed by atoms with van der Waals surface area (Å²) in [6.07, 6.45) is 1.55. The van der Waals surface area contributed by atoms with E-state index >= 15 is 0 Å². The molecule has 0 saturated heterocycles. The molecule has 35 heavy (non-hydrogen) atoms. The van der Waals surface area contributed by atoms with E-state index in [9.17, 15) is 14.7 Å². The first-order chi connectivity index (χ1) is 17.0. The van der Waals surface area contributed by atoms with Crippen LogP contribution in [0.15, 0.2) is 113 Å². The number of para-hydroxylation sites is 3. The molecule has 0 saturated carbocycles. The molecule has 7 heteroatoms. The molecule has 0 fully saturated rings. The van der Waals surface area contributed by atoms with Gasteiger partial charge in [0.15, 0.2) is 0 Å². The summed E-state index contributed by atoms with van der Waals surface area (Å²) in [7, 11) is 0. The first-order valence-corrected chi connectivity index (χ1v) is 11.5. The van der Waals surface area contributed by atoms with Crippen molar-refractivity contribution >= 4 is 39.5 Å². The zero-order valence-corrected chi connectivity index (χ0v) is 20.0. The van der Waals surface area contributed by atoms with Crippen LogP contribution in [0.4, 0.5) is 5.69 Å². The van der Waals surface area contributed by atoms with Gasteiger partial charge in [-0.3, -0.25) is 9.59 Å². The van der Waals surface area contributed by atoms with Gasteiger partial charge in [0, 0.05) is 5.56 Å². The molecule has 0 spiro atoms. The summed E-state index contributed by atoms with van der Waals surface area (Å²) in [5.74, 6) is 0.196. The lowest BCUT2D eigenvalue weighted by Gasteiger charge is -2.12. The lowest BCUT2D eigenvalue weighted by Crippen LogP contribution is -2.30. The van der Waals surface area contributed by atoms with Gasteiger partial charge in [0.2, 0.25) is 0 Å². The highest BCUT2D eigenvalue weighted by molar-refractivity contribution is 9.10. The van der Waals surface area contributed by atoms with Crippen molar-refractivity contribution in [1.29, 1.82) is 0 Å². The average molecular weight is 529 g/mol. The maximum Gasteiger partial charge on any atom is 0.272 e. The molecule has 4 aromatic carbocycles. The van der Waals surface area contributed by atoms with Crippen LogP contribution >= 0.6 is 15.9 Å². The molecule has 4 rings (SSSR count). The topological polar surface area (TPSA) is 87.7 Å². The fourth-order valence-corrected chi connectivity index (χ4v) is 3.53. The second-order valence-electron chi connectivity index (χ2n) is 7.45. The Kier molecular flexibility index (Phi) is 7.60. The average Bonchev–Trinajstić information content (AvgIpc) is 2.88. The fourth-order valence-electron chi connectivity index (χ4n) is 3.16. The van der Waals surface area contributed by atoms with E-state index in [1.165, 1.54) is 6.07 Å². The minimum atomic E-state index is -0.579. The third kappa shape index (κ3) is 6.37. The fraction of sp³-hybridized carbons (Fsp3) is 0. The Morgan fingerprint density at radius 3 is 2.17 bits per heavy atom. The first-order valence-electron chi connectivity index (χ1n) is 10.7. The Morgan fingerprint density at radius 1 is 0.800 bits per heavy atom. The van der Waals surface area contributed by atoms with Gasteiger partial charge in [0.05, 0.1) is 10.2 Å². The maximum absolute atomic E-state index is 13.0. The number of hydrogen-bond donors (Lipinski definition) is 3. The van der Waals surface area contributed by atoms with Crippen LogP contribution in [0.5, 0.6) is 17.2 Å². The third-order valence-electron chi connectivity index (χ3n) is 4.94. The number of carbonyl (C=O) groups excluding carboxylic acids is 2. The molecule has 174 valence electrons. The first kappa shape index (κ1) is 23.8. The monoisotopic (exact) mass is 528 g/mol. The van der Waals surface area contributed by atoms with Gasteiger partial charge in [-0.05, 0) is 76.1 Å². The summed E-state index contributed by atoms with van der Waals surface area (Å²) < 4.78 is 6.72. The standard InChI is InChI=1S/C28H21BrN2O4/c29-22-10-4-7-13-26(22)35-21-16-14-19(15-17-21)18-24(31-27(33)20-8-2-1-3-9-20)28(34)30-23-11-5-6-12-25(23)32/h1-18,32H,(H,30,34)(H,31,33)/b24-18+. The molecule has 6 nitrogen and oxygen atoms in total. The quantitative estimate of drug-likeness (QED) is 0.192. The van der Waals surface area contributed by atoms with Crippen LogP contribution in [-0.2, 0) is 4.79 Å². The Bertz CT molecular complexity index is 1370. The number of hydrogen-bond acceptors (Lipinski definition) is 4.